The van der Waals surface area contributed by atoms with E-state index in [-0.39, 0.29) is 23.0 Å². The number of amides is 1. The molecule has 1 amide bonds. The normalized spacial score (nSPS) is 11.0. The van der Waals surface area contributed by atoms with Crippen LogP contribution in [0.25, 0.3) is 0 Å². The van der Waals surface area contributed by atoms with E-state index in [9.17, 15) is 18.0 Å². The lowest BCUT2D eigenvalue weighted by Crippen LogP contribution is -2.29. The van der Waals surface area contributed by atoms with Crippen LogP contribution in [0.1, 0.15) is 22.3 Å². The van der Waals surface area contributed by atoms with Gasteiger partial charge >= 0.3 is 5.97 Å². The Balaban J connectivity index is 1.70. The average molecular weight is 375 g/mol. The highest BCUT2D eigenvalue weighted by atomic mass is 32.2. The molecule has 7 heteroatoms. The van der Waals surface area contributed by atoms with Crippen molar-refractivity contribution in [2.75, 3.05) is 19.4 Å². The molecule has 0 aliphatic heterocycles. The Morgan fingerprint density at radius 3 is 2.27 bits per heavy atom. The Morgan fingerprint density at radius 1 is 1.00 bits per heavy atom. The topological polar surface area (TPSA) is 89.5 Å². The summed E-state index contributed by atoms with van der Waals surface area (Å²) >= 11 is 0. The smallest absolute Gasteiger partial charge is 0.338 e. The predicted molar refractivity (Wildman–Crippen MR) is 97.6 cm³/mol. The summed E-state index contributed by atoms with van der Waals surface area (Å²) in [4.78, 5) is 23.7. The van der Waals surface area contributed by atoms with Crippen LogP contribution < -0.4 is 5.32 Å². The van der Waals surface area contributed by atoms with E-state index in [0.717, 1.165) is 19.1 Å². The van der Waals surface area contributed by atoms with Crippen molar-refractivity contribution < 1.29 is 22.7 Å². The Labute approximate surface area is 153 Å². The van der Waals surface area contributed by atoms with E-state index in [4.69, 9.17) is 4.74 Å². The zero-order valence-electron chi connectivity index (χ0n) is 14.5. The van der Waals surface area contributed by atoms with Crippen molar-refractivity contribution in [1.29, 1.82) is 0 Å². The number of rotatable bonds is 8. The molecule has 0 bridgehead atoms. The van der Waals surface area contributed by atoms with E-state index in [1.54, 1.807) is 0 Å². The summed E-state index contributed by atoms with van der Waals surface area (Å²) in [6.07, 6.45) is 2.73. The van der Waals surface area contributed by atoms with E-state index in [0.29, 0.717) is 6.54 Å². The first-order valence-corrected chi connectivity index (χ1v) is 10.0. The molecule has 2 aromatic rings. The first-order chi connectivity index (χ1) is 12.4. The zero-order valence-corrected chi connectivity index (χ0v) is 15.3. The molecular weight excluding hydrogens is 354 g/mol. The molecule has 0 fully saturated rings. The predicted octanol–water partition coefficient (Wildman–Crippen LogP) is 2.00. The van der Waals surface area contributed by atoms with Gasteiger partial charge in [0.25, 0.3) is 5.91 Å². The van der Waals surface area contributed by atoms with Crippen LogP contribution in [0.4, 0.5) is 0 Å². The minimum atomic E-state index is -3.32. The minimum Gasteiger partial charge on any atom is -0.452 e. The molecule has 2 aromatic carbocycles. The monoisotopic (exact) mass is 375 g/mol. The number of ether oxygens (including phenoxy) is 1. The summed E-state index contributed by atoms with van der Waals surface area (Å²) in [6, 6.07) is 15.3. The van der Waals surface area contributed by atoms with Gasteiger partial charge in [-0.1, -0.05) is 30.3 Å². The molecular formula is C19H21NO5S. The molecule has 6 nitrogen and oxygen atoms in total. The number of nitrogens with one attached hydrogen (secondary N) is 1. The Hall–Kier alpha value is -2.67. The van der Waals surface area contributed by atoms with Gasteiger partial charge in [-0.15, -0.1) is 0 Å². The SMILES string of the molecule is CS(=O)(=O)c1ccc(C(=O)OCC(=O)NCCCc2ccccc2)cc1. The zero-order chi connectivity index (χ0) is 19.0. The van der Waals surface area contributed by atoms with Crippen LogP contribution in [-0.2, 0) is 25.8 Å². The minimum absolute atomic E-state index is 0.116. The van der Waals surface area contributed by atoms with Crippen molar-refractivity contribution >= 4 is 21.7 Å². The third kappa shape index (κ3) is 6.33. The second kappa shape index (κ2) is 9.15. The molecule has 1 N–H and O–H groups in total. The molecule has 2 rings (SSSR count). The lowest BCUT2D eigenvalue weighted by atomic mass is 10.1. The van der Waals surface area contributed by atoms with Crippen molar-refractivity contribution in [2.24, 2.45) is 0 Å². The van der Waals surface area contributed by atoms with Crippen molar-refractivity contribution in [3.05, 3.63) is 65.7 Å². The summed E-state index contributed by atoms with van der Waals surface area (Å²) in [7, 11) is -3.32. The van der Waals surface area contributed by atoms with Gasteiger partial charge in [0, 0.05) is 12.8 Å². The number of esters is 1. The first kappa shape index (κ1) is 19.7. The van der Waals surface area contributed by atoms with Gasteiger partial charge in [0.1, 0.15) is 0 Å². The quantitative estimate of drug-likeness (QED) is 0.563. The number of carbonyl (C=O) groups is 2. The third-order valence-electron chi connectivity index (χ3n) is 3.66. The van der Waals surface area contributed by atoms with Crippen LogP contribution >= 0.6 is 0 Å². The lowest BCUT2D eigenvalue weighted by Gasteiger charge is -2.07. The average Bonchev–Trinajstić information content (AvgIpc) is 2.63. The highest BCUT2D eigenvalue weighted by molar-refractivity contribution is 7.90. The van der Waals surface area contributed by atoms with Crippen LogP contribution in [0.2, 0.25) is 0 Å². The number of hydrogen-bond donors (Lipinski definition) is 1. The van der Waals surface area contributed by atoms with Gasteiger partial charge in [-0.3, -0.25) is 4.79 Å². The van der Waals surface area contributed by atoms with E-state index < -0.39 is 15.8 Å². The van der Waals surface area contributed by atoms with Gasteiger partial charge in [-0.2, -0.15) is 0 Å². The van der Waals surface area contributed by atoms with Gasteiger partial charge in [-0.05, 0) is 42.7 Å². The fourth-order valence-electron chi connectivity index (χ4n) is 2.27. The van der Waals surface area contributed by atoms with Crippen molar-refractivity contribution in [2.45, 2.75) is 17.7 Å². The van der Waals surface area contributed by atoms with Crippen molar-refractivity contribution in [3.8, 4) is 0 Å². The first-order valence-electron chi connectivity index (χ1n) is 8.14. The standard InChI is InChI=1S/C19H21NO5S/c1-26(23,24)17-11-9-16(10-12-17)19(22)25-14-18(21)20-13-5-8-15-6-3-2-4-7-15/h2-4,6-7,9-12H,5,8,13-14H2,1H3,(H,20,21). The molecule has 0 atom stereocenters. The van der Waals surface area contributed by atoms with Crippen molar-refractivity contribution in [3.63, 3.8) is 0 Å². The highest BCUT2D eigenvalue weighted by Gasteiger charge is 2.12. The van der Waals surface area contributed by atoms with Gasteiger partial charge < -0.3 is 10.1 Å². The van der Waals surface area contributed by atoms with Gasteiger partial charge in [0.15, 0.2) is 16.4 Å². The summed E-state index contributed by atoms with van der Waals surface area (Å²) in [5.41, 5.74) is 1.39. The molecule has 0 aliphatic rings. The van der Waals surface area contributed by atoms with Crippen LogP contribution in [0.15, 0.2) is 59.5 Å². The van der Waals surface area contributed by atoms with Gasteiger partial charge in [-0.25, -0.2) is 13.2 Å². The van der Waals surface area contributed by atoms with E-state index in [2.05, 4.69) is 5.32 Å². The fraction of sp³-hybridized carbons (Fsp3) is 0.263. The third-order valence-corrected chi connectivity index (χ3v) is 4.79. The molecule has 0 spiro atoms. The molecule has 0 saturated carbocycles. The Bertz CT molecular complexity index is 845. The number of sulfone groups is 1. The maximum absolute atomic E-state index is 11.9. The molecule has 138 valence electrons. The second-order valence-corrected chi connectivity index (χ2v) is 7.83. The van der Waals surface area contributed by atoms with Crippen LogP contribution in [-0.4, -0.2) is 39.7 Å². The summed E-state index contributed by atoms with van der Waals surface area (Å²) < 4.78 is 27.7. The van der Waals surface area contributed by atoms with E-state index in [1.165, 1.54) is 29.8 Å². The van der Waals surface area contributed by atoms with Gasteiger partial charge in [0.05, 0.1) is 10.5 Å². The van der Waals surface area contributed by atoms with Crippen molar-refractivity contribution in [1.82, 2.24) is 5.32 Å². The lowest BCUT2D eigenvalue weighted by molar-refractivity contribution is -0.124. The number of benzene rings is 2. The summed E-state index contributed by atoms with van der Waals surface area (Å²) in [5.74, 6) is -1.05. The number of carbonyl (C=O) groups excluding carboxylic acids is 2. The molecule has 0 unspecified atom stereocenters. The summed E-state index contributed by atoms with van der Waals surface area (Å²) in [6.45, 7) is 0.117. The second-order valence-electron chi connectivity index (χ2n) is 5.81. The largest absolute Gasteiger partial charge is 0.452 e. The maximum Gasteiger partial charge on any atom is 0.338 e. The molecule has 0 aromatic heterocycles. The molecule has 0 saturated heterocycles. The maximum atomic E-state index is 11.9. The van der Waals surface area contributed by atoms with E-state index in [1.807, 2.05) is 30.3 Å². The highest BCUT2D eigenvalue weighted by Crippen LogP contribution is 2.11. The van der Waals surface area contributed by atoms with Crippen LogP contribution in [0.5, 0.6) is 0 Å². The molecule has 26 heavy (non-hydrogen) atoms. The summed E-state index contributed by atoms with van der Waals surface area (Å²) in [5, 5.41) is 2.69. The van der Waals surface area contributed by atoms with E-state index >= 15 is 0 Å². The van der Waals surface area contributed by atoms with Crippen LogP contribution in [0, 0.1) is 0 Å². The van der Waals surface area contributed by atoms with Gasteiger partial charge in [0.2, 0.25) is 0 Å². The Morgan fingerprint density at radius 2 is 1.65 bits per heavy atom. The Kier molecular flexibility index (Phi) is 6.91. The molecule has 0 radical (unpaired) electrons. The molecule has 0 aliphatic carbocycles. The number of hydrogen-bond acceptors (Lipinski definition) is 5. The van der Waals surface area contributed by atoms with Crippen LogP contribution in [0.3, 0.4) is 0 Å². The number of aryl methyl sites for hydroxylation is 1. The fourth-order valence-corrected chi connectivity index (χ4v) is 2.90. The molecule has 0 heterocycles.